The first-order valence-corrected chi connectivity index (χ1v) is 11.4. The highest BCUT2D eigenvalue weighted by molar-refractivity contribution is 7.11. The van der Waals surface area contributed by atoms with Gasteiger partial charge in [0, 0.05) is 48.7 Å². The molecule has 0 radical (unpaired) electrons. The zero-order chi connectivity index (χ0) is 21.6. The number of hydrogen-bond donors (Lipinski definition) is 1. The van der Waals surface area contributed by atoms with Gasteiger partial charge in [-0.1, -0.05) is 54.1 Å². The summed E-state index contributed by atoms with van der Waals surface area (Å²) in [6.07, 6.45) is 0. The van der Waals surface area contributed by atoms with Gasteiger partial charge < -0.3 is 5.11 Å². The molecule has 31 heavy (non-hydrogen) atoms. The van der Waals surface area contributed by atoms with Crippen molar-refractivity contribution in [3.05, 3.63) is 81.3 Å². The summed E-state index contributed by atoms with van der Waals surface area (Å²) >= 11 is 7.31. The number of nitriles is 1. The van der Waals surface area contributed by atoms with Crippen molar-refractivity contribution in [3.8, 4) is 17.3 Å². The van der Waals surface area contributed by atoms with E-state index < -0.39 is 0 Å². The second-order valence-electron chi connectivity index (χ2n) is 7.52. The van der Waals surface area contributed by atoms with Crippen LogP contribution in [0.5, 0.6) is 0 Å². The highest BCUT2D eigenvalue weighted by atomic mass is 35.5. The molecule has 2 aromatic carbocycles. The predicted molar refractivity (Wildman–Crippen MR) is 126 cm³/mol. The zero-order valence-corrected chi connectivity index (χ0v) is 18.6. The monoisotopic (exact) mass is 450 g/mol. The third-order valence-electron chi connectivity index (χ3n) is 5.35. The minimum atomic E-state index is 0.0796. The number of allylic oxidation sites excluding steroid dienone is 1. The number of halogens is 1. The Morgan fingerprint density at radius 3 is 2.39 bits per heavy atom. The largest absolute Gasteiger partial charge is 0.509 e. The molecule has 0 unspecified atom stereocenters. The fourth-order valence-corrected chi connectivity index (χ4v) is 4.59. The minimum absolute atomic E-state index is 0.0796. The summed E-state index contributed by atoms with van der Waals surface area (Å²) < 4.78 is 0. The number of nitrogens with zero attached hydrogens (tertiary/aromatic N) is 4. The fourth-order valence-electron chi connectivity index (χ4n) is 3.62. The van der Waals surface area contributed by atoms with Crippen LogP contribution in [0, 0.1) is 11.3 Å². The molecule has 2 heterocycles. The first kappa shape index (κ1) is 21.5. The number of piperazine rings is 1. The lowest BCUT2D eigenvalue weighted by Gasteiger charge is -2.34. The average molecular weight is 451 g/mol. The molecular formula is C24H23ClN4OS. The number of aliphatic hydroxyl groups is 1. The van der Waals surface area contributed by atoms with E-state index in [1.54, 1.807) is 0 Å². The molecule has 0 amide bonds. The first-order valence-electron chi connectivity index (χ1n) is 10.1. The molecule has 0 atom stereocenters. The summed E-state index contributed by atoms with van der Waals surface area (Å²) in [7, 11) is 0. The molecule has 1 aromatic heterocycles. The van der Waals surface area contributed by atoms with Gasteiger partial charge in [-0.25, -0.2) is 4.98 Å². The van der Waals surface area contributed by atoms with E-state index in [-0.39, 0.29) is 11.3 Å². The van der Waals surface area contributed by atoms with Crippen molar-refractivity contribution in [1.29, 1.82) is 5.26 Å². The van der Waals surface area contributed by atoms with E-state index in [1.165, 1.54) is 16.9 Å². The Balaban J connectivity index is 1.38. The van der Waals surface area contributed by atoms with Crippen molar-refractivity contribution < 1.29 is 5.11 Å². The maximum Gasteiger partial charge on any atom is 0.138 e. The summed E-state index contributed by atoms with van der Waals surface area (Å²) in [5.74, 6) is 0.0796. The van der Waals surface area contributed by atoms with Gasteiger partial charge in [0.05, 0.1) is 12.2 Å². The normalized spacial score (nSPS) is 16.0. The molecule has 1 aliphatic rings. The lowest BCUT2D eigenvalue weighted by molar-refractivity contribution is 0.125. The third-order valence-corrected chi connectivity index (χ3v) is 6.46. The van der Waals surface area contributed by atoms with Gasteiger partial charge >= 0.3 is 0 Å². The van der Waals surface area contributed by atoms with Crippen LogP contribution in [0.1, 0.15) is 10.6 Å². The summed E-state index contributed by atoms with van der Waals surface area (Å²) in [6.45, 7) is 4.86. The van der Waals surface area contributed by atoms with Gasteiger partial charge in [-0.05, 0) is 17.7 Å². The molecule has 7 heteroatoms. The number of aliphatic hydroxyl groups excluding tert-OH is 1. The van der Waals surface area contributed by atoms with Crippen molar-refractivity contribution in [2.75, 3.05) is 32.7 Å². The van der Waals surface area contributed by atoms with Crippen LogP contribution in [0.4, 0.5) is 0 Å². The highest BCUT2D eigenvalue weighted by Gasteiger charge is 2.20. The van der Waals surface area contributed by atoms with Crippen LogP contribution in [0.3, 0.4) is 0 Å². The zero-order valence-electron chi connectivity index (χ0n) is 17.0. The van der Waals surface area contributed by atoms with Gasteiger partial charge in [0.2, 0.25) is 0 Å². The molecular weight excluding hydrogens is 428 g/mol. The number of thiazole rings is 1. The molecule has 5 nitrogen and oxygen atoms in total. The van der Waals surface area contributed by atoms with E-state index >= 15 is 0 Å². The van der Waals surface area contributed by atoms with Crippen LogP contribution in [0.2, 0.25) is 5.02 Å². The lowest BCUT2D eigenvalue weighted by atomic mass is 10.2. The Hall–Kier alpha value is -2.69. The van der Waals surface area contributed by atoms with E-state index in [0.717, 1.165) is 44.0 Å². The second-order valence-corrected chi connectivity index (χ2v) is 8.81. The number of benzene rings is 2. The highest BCUT2D eigenvalue weighted by Crippen LogP contribution is 2.28. The summed E-state index contributed by atoms with van der Waals surface area (Å²) in [5, 5.41) is 23.4. The first-order chi connectivity index (χ1) is 15.1. The molecule has 0 spiro atoms. The van der Waals surface area contributed by atoms with Gasteiger partial charge in [-0.15, -0.1) is 11.3 Å². The SMILES string of the molecule is N#C/C(=C(/O)CN1CCN(Cc2ccccc2)CC1)c1nc(-c2ccc(Cl)cc2)cs1. The molecule has 1 saturated heterocycles. The third kappa shape index (κ3) is 5.52. The number of aromatic nitrogens is 1. The van der Waals surface area contributed by atoms with Crippen LogP contribution < -0.4 is 0 Å². The van der Waals surface area contributed by atoms with E-state index in [2.05, 4.69) is 45.1 Å². The van der Waals surface area contributed by atoms with Crippen LogP contribution in [-0.4, -0.2) is 52.6 Å². The van der Waals surface area contributed by atoms with Gasteiger partial charge in [0.1, 0.15) is 22.4 Å². The Morgan fingerprint density at radius 1 is 1.03 bits per heavy atom. The van der Waals surface area contributed by atoms with E-state index in [0.29, 0.717) is 16.6 Å². The average Bonchev–Trinajstić information content (AvgIpc) is 3.26. The van der Waals surface area contributed by atoms with E-state index in [9.17, 15) is 10.4 Å². The standard InChI is InChI=1S/C24H23ClN4OS/c25-20-8-6-19(7-9-20)22-17-31-24(27-22)21(14-26)23(30)16-29-12-10-28(11-13-29)15-18-4-2-1-3-5-18/h1-9,17,30H,10-13,15-16H2/b23-21-. The molecule has 0 saturated carbocycles. The Bertz CT molecular complexity index is 1080. The minimum Gasteiger partial charge on any atom is -0.509 e. The van der Waals surface area contributed by atoms with Gasteiger partial charge in [-0.2, -0.15) is 5.26 Å². The quantitative estimate of drug-likeness (QED) is 0.419. The molecule has 1 fully saturated rings. The van der Waals surface area contributed by atoms with E-state index in [1.807, 2.05) is 35.7 Å². The topological polar surface area (TPSA) is 63.4 Å². The maximum absolute atomic E-state index is 10.7. The van der Waals surface area contributed by atoms with Crippen molar-refractivity contribution in [1.82, 2.24) is 14.8 Å². The molecule has 158 valence electrons. The summed E-state index contributed by atoms with van der Waals surface area (Å²) in [6, 6.07) is 20.0. The van der Waals surface area contributed by atoms with Crippen LogP contribution >= 0.6 is 22.9 Å². The van der Waals surface area contributed by atoms with Gasteiger partial charge in [-0.3, -0.25) is 9.80 Å². The predicted octanol–water partition coefficient (Wildman–Crippen LogP) is 5.07. The molecule has 0 aliphatic carbocycles. The summed E-state index contributed by atoms with van der Waals surface area (Å²) in [4.78, 5) is 9.16. The Morgan fingerprint density at radius 2 is 1.71 bits per heavy atom. The van der Waals surface area contributed by atoms with Gasteiger partial charge in [0.15, 0.2) is 0 Å². The number of hydrogen-bond acceptors (Lipinski definition) is 6. The molecule has 1 aliphatic heterocycles. The van der Waals surface area contributed by atoms with Crippen molar-refractivity contribution in [2.45, 2.75) is 6.54 Å². The fraction of sp³-hybridized carbons (Fsp3) is 0.250. The van der Waals surface area contributed by atoms with Crippen molar-refractivity contribution >= 4 is 28.5 Å². The number of rotatable bonds is 6. The smallest absolute Gasteiger partial charge is 0.138 e. The lowest BCUT2D eigenvalue weighted by Crippen LogP contribution is -2.46. The molecule has 4 rings (SSSR count). The van der Waals surface area contributed by atoms with Gasteiger partial charge in [0.25, 0.3) is 0 Å². The van der Waals surface area contributed by atoms with Crippen molar-refractivity contribution in [3.63, 3.8) is 0 Å². The Labute approximate surface area is 191 Å². The van der Waals surface area contributed by atoms with Crippen LogP contribution in [0.15, 0.2) is 65.7 Å². The maximum atomic E-state index is 10.7. The van der Waals surface area contributed by atoms with Crippen molar-refractivity contribution in [2.24, 2.45) is 0 Å². The summed E-state index contributed by atoms with van der Waals surface area (Å²) in [5.41, 5.74) is 3.26. The second kappa shape index (κ2) is 10.1. The molecule has 0 bridgehead atoms. The molecule has 1 N–H and O–H groups in total. The van der Waals surface area contributed by atoms with E-state index in [4.69, 9.17) is 11.6 Å². The van der Waals surface area contributed by atoms with Crippen LogP contribution in [-0.2, 0) is 6.54 Å². The molecule has 3 aromatic rings. The van der Waals surface area contributed by atoms with Crippen LogP contribution in [0.25, 0.3) is 16.8 Å². The Kier molecular flexibility index (Phi) is 7.00.